The smallest absolute Gasteiger partial charge is 0.169 e. The van der Waals surface area contributed by atoms with Crippen LogP contribution in [0.5, 0.6) is 0 Å². The van der Waals surface area contributed by atoms with Gasteiger partial charge in [-0.2, -0.15) is 0 Å². The molecular weight excluding hydrogens is 526 g/mol. The molecule has 204 valence electrons. The standard InChI is InChI=1S/C39H27N3O/c1-4-12-26(13-5-1)29-18-10-19-31(24-29)38-40-37(28-16-8-3-9-17-28)41-39(42-38)33-21-11-20-32-34-25-30(27-14-6-2-7-15-27)22-23-35(34)43-36(32)33/h1-25,38H,(H,40,41,42)/i2D,6D,7D,14D,15D. The van der Waals surface area contributed by atoms with Gasteiger partial charge in [0.2, 0.25) is 0 Å². The number of hydrogen-bond donors (Lipinski definition) is 1. The molecule has 0 aliphatic carbocycles. The number of furan rings is 1. The number of para-hydroxylation sites is 1. The van der Waals surface area contributed by atoms with E-state index in [1.54, 1.807) is 12.1 Å². The van der Waals surface area contributed by atoms with Gasteiger partial charge in [0.1, 0.15) is 22.8 Å². The Kier molecular flexibility index (Phi) is 4.97. The highest BCUT2D eigenvalue weighted by Gasteiger charge is 2.24. The minimum Gasteiger partial charge on any atom is -0.455 e. The Morgan fingerprint density at radius 2 is 1.26 bits per heavy atom. The second-order valence-electron chi connectivity index (χ2n) is 10.3. The van der Waals surface area contributed by atoms with Gasteiger partial charge in [0, 0.05) is 16.3 Å². The Hall–Kier alpha value is -5.74. The zero-order chi connectivity index (χ0) is 32.9. The van der Waals surface area contributed by atoms with Crippen LogP contribution in [0.25, 0.3) is 44.2 Å². The van der Waals surface area contributed by atoms with Crippen LogP contribution in [0.4, 0.5) is 0 Å². The lowest BCUT2D eigenvalue weighted by Gasteiger charge is -2.22. The summed E-state index contributed by atoms with van der Waals surface area (Å²) in [6.45, 7) is 0. The van der Waals surface area contributed by atoms with Crippen molar-refractivity contribution in [3.63, 3.8) is 0 Å². The average molecular weight is 559 g/mol. The Balaban J connectivity index is 1.27. The van der Waals surface area contributed by atoms with Gasteiger partial charge in [0.15, 0.2) is 6.17 Å². The fourth-order valence-electron chi connectivity index (χ4n) is 5.52. The van der Waals surface area contributed by atoms with Crippen LogP contribution < -0.4 is 5.32 Å². The Morgan fingerprint density at radius 1 is 0.558 bits per heavy atom. The summed E-state index contributed by atoms with van der Waals surface area (Å²) in [6, 6.07) is 38.0. The van der Waals surface area contributed by atoms with E-state index in [9.17, 15) is 0 Å². The third-order valence-corrected chi connectivity index (χ3v) is 7.62. The first kappa shape index (κ1) is 20.2. The monoisotopic (exact) mass is 558 g/mol. The summed E-state index contributed by atoms with van der Waals surface area (Å²) >= 11 is 0. The molecule has 0 radical (unpaired) electrons. The fourth-order valence-corrected chi connectivity index (χ4v) is 5.52. The van der Waals surface area contributed by atoms with E-state index in [1.807, 2.05) is 84.9 Å². The molecule has 1 atom stereocenters. The molecule has 0 saturated heterocycles. The number of hydrogen-bond acceptors (Lipinski definition) is 4. The van der Waals surface area contributed by atoms with E-state index in [-0.39, 0.29) is 29.7 Å². The first-order valence-corrected chi connectivity index (χ1v) is 14.0. The molecule has 0 amide bonds. The van der Waals surface area contributed by atoms with Gasteiger partial charge in [-0.15, -0.1) is 0 Å². The van der Waals surface area contributed by atoms with Crippen LogP contribution in [0, 0.1) is 0 Å². The number of benzene rings is 6. The Labute approximate surface area is 256 Å². The maximum absolute atomic E-state index is 8.49. The summed E-state index contributed by atoms with van der Waals surface area (Å²) in [7, 11) is 0. The zero-order valence-electron chi connectivity index (χ0n) is 27.9. The van der Waals surface area contributed by atoms with Gasteiger partial charge >= 0.3 is 0 Å². The molecule has 1 aliphatic heterocycles. The zero-order valence-corrected chi connectivity index (χ0v) is 22.9. The van der Waals surface area contributed by atoms with Gasteiger partial charge in [-0.1, -0.05) is 127 Å². The Morgan fingerprint density at radius 3 is 2.07 bits per heavy atom. The highest BCUT2D eigenvalue weighted by Crippen LogP contribution is 2.35. The predicted molar refractivity (Wildman–Crippen MR) is 176 cm³/mol. The molecule has 6 aromatic carbocycles. The molecule has 0 bridgehead atoms. The van der Waals surface area contributed by atoms with E-state index in [2.05, 4.69) is 29.6 Å². The lowest BCUT2D eigenvalue weighted by molar-refractivity contribution is 0.667. The second-order valence-corrected chi connectivity index (χ2v) is 10.3. The van der Waals surface area contributed by atoms with Gasteiger partial charge in [0.05, 0.1) is 12.4 Å². The molecule has 1 aliphatic rings. The lowest BCUT2D eigenvalue weighted by atomic mass is 10.0. The SMILES string of the molecule is [2H]c1c([2H])c([2H])c(-c2ccc3oc4c(C5=NC(c6cccc(-c7ccccc7)c6)N=C(c6ccccc6)N5)cccc4c3c2)c([2H])c1[2H]. The summed E-state index contributed by atoms with van der Waals surface area (Å²) in [5.74, 6) is 1.29. The molecule has 1 N–H and O–H groups in total. The molecule has 0 saturated carbocycles. The topological polar surface area (TPSA) is 49.9 Å². The number of amidine groups is 2. The minimum atomic E-state index is -0.518. The van der Waals surface area contributed by atoms with Crippen LogP contribution in [0.2, 0.25) is 0 Å². The molecule has 2 heterocycles. The van der Waals surface area contributed by atoms with E-state index >= 15 is 0 Å². The van der Waals surface area contributed by atoms with E-state index < -0.39 is 12.2 Å². The highest BCUT2D eigenvalue weighted by molar-refractivity contribution is 6.21. The minimum absolute atomic E-state index is 0.149. The van der Waals surface area contributed by atoms with Crippen LogP contribution in [0.15, 0.2) is 166 Å². The second kappa shape index (κ2) is 10.6. The van der Waals surface area contributed by atoms with Crippen molar-refractivity contribution in [2.24, 2.45) is 9.98 Å². The van der Waals surface area contributed by atoms with Crippen molar-refractivity contribution in [3.05, 3.63) is 168 Å². The summed E-state index contributed by atoms with van der Waals surface area (Å²) < 4.78 is 47.7. The third kappa shape index (κ3) is 4.69. The number of aliphatic imine (C=N–C) groups is 2. The Bertz CT molecular complexity index is 2410. The van der Waals surface area contributed by atoms with Crippen LogP contribution in [0.1, 0.15) is 29.7 Å². The molecule has 4 nitrogen and oxygen atoms in total. The molecule has 1 aromatic heterocycles. The maximum Gasteiger partial charge on any atom is 0.169 e. The summed E-state index contributed by atoms with van der Waals surface area (Å²) in [4.78, 5) is 10.2. The van der Waals surface area contributed by atoms with Crippen molar-refractivity contribution in [1.29, 1.82) is 0 Å². The van der Waals surface area contributed by atoms with E-state index in [4.69, 9.17) is 21.3 Å². The van der Waals surface area contributed by atoms with Gasteiger partial charge in [-0.25, -0.2) is 9.98 Å². The molecule has 0 fully saturated rings. The van der Waals surface area contributed by atoms with Crippen LogP contribution in [0.3, 0.4) is 0 Å². The molecule has 0 spiro atoms. The first-order chi connectivity index (χ1) is 23.4. The number of rotatable bonds is 5. The first-order valence-electron chi connectivity index (χ1n) is 16.5. The van der Waals surface area contributed by atoms with Crippen LogP contribution >= 0.6 is 0 Å². The number of fused-ring (bicyclic) bond motifs is 3. The fraction of sp³-hybridized carbons (Fsp3) is 0.0256. The van der Waals surface area contributed by atoms with Crippen molar-refractivity contribution < 1.29 is 11.3 Å². The molecule has 4 heteroatoms. The highest BCUT2D eigenvalue weighted by atomic mass is 16.3. The number of nitrogens with zero attached hydrogens (tertiary/aromatic N) is 2. The summed E-state index contributed by atoms with van der Waals surface area (Å²) in [6.07, 6.45) is -0.518. The van der Waals surface area contributed by atoms with Crippen LogP contribution in [-0.2, 0) is 0 Å². The van der Waals surface area contributed by atoms with Gasteiger partial charge in [-0.05, 0) is 52.1 Å². The van der Waals surface area contributed by atoms with Crippen LogP contribution in [-0.4, -0.2) is 11.7 Å². The molecular formula is C39H27N3O. The lowest BCUT2D eigenvalue weighted by Crippen LogP contribution is -2.36. The van der Waals surface area contributed by atoms with E-state index in [0.717, 1.165) is 38.6 Å². The normalized spacial score (nSPS) is 16.4. The van der Waals surface area contributed by atoms with E-state index in [0.29, 0.717) is 28.4 Å². The quantitative estimate of drug-likeness (QED) is 0.229. The van der Waals surface area contributed by atoms with E-state index in [1.165, 1.54) is 0 Å². The predicted octanol–water partition coefficient (Wildman–Crippen LogP) is 9.42. The largest absolute Gasteiger partial charge is 0.455 e. The summed E-state index contributed by atoms with van der Waals surface area (Å²) in [5.41, 5.74) is 6.69. The van der Waals surface area contributed by atoms with Gasteiger partial charge < -0.3 is 9.73 Å². The van der Waals surface area contributed by atoms with Crippen molar-refractivity contribution in [3.8, 4) is 22.3 Å². The summed E-state index contributed by atoms with van der Waals surface area (Å²) in [5, 5.41) is 5.04. The van der Waals surface area contributed by atoms with Crippen molar-refractivity contribution in [2.75, 3.05) is 0 Å². The maximum atomic E-state index is 8.49. The van der Waals surface area contributed by atoms with Crippen molar-refractivity contribution in [1.82, 2.24) is 5.32 Å². The van der Waals surface area contributed by atoms with Crippen molar-refractivity contribution in [2.45, 2.75) is 6.17 Å². The average Bonchev–Trinajstić information content (AvgIpc) is 3.52. The third-order valence-electron chi connectivity index (χ3n) is 7.62. The molecule has 1 unspecified atom stereocenters. The number of nitrogens with one attached hydrogen (secondary N) is 1. The van der Waals surface area contributed by atoms with Crippen molar-refractivity contribution >= 4 is 33.6 Å². The van der Waals surface area contributed by atoms with Gasteiger partial charge in [-0.3, -0.25) is 0 Å². The molecule has 8 rings (SSSR count). The molecule has 7 aromatic rings. The van der Waals surface area contributed by atoms with Gasteiger partial charge in [0.25, 0.3) is 0 Å². The molecule has 43 heavy (non-hydrogen) atoms.